The van der Waals surface area contributed by atoms with Gasteiger partial charge in [-0.2, -0.15) is 0 Å². The minimum absolute atomic E-state index is 0.0710. The summed E-state index contributed by atoms with van der Waals surface area (Å²) >= 11 is 0. The maximum atomic E-state index is 11.9. The summed E-state index contributed by atoms with van der Waals surface area (Å²) in [5, 5.41) is 0. The molecule has 4 nitrogen and oxygen atoms in total. The minimum atomic E-state index is -0.629. The van der Waals surface area contributed by atoms with Gasteiger partial charge in [-0.3, -0.25) is 0 Å². The van der Waals surface area contributed by atoms with E-state index in [1.165, 1.54) is 25.7 Å². The van der Waals surface area contributed by atoms with Crippen LogP contribution in [0.4, 0.5) is 0 Å². The fraction of sp³-hybridized carbons (Fsp3) is 0.938. The minimum Gasteiger partial charge on any atom is -0.461 e. The molecule has 1 saturated heterocycles. The van der Waals surface area contributed by atoms with E-state index in [9.17, 15) is 4.79 Å². The molecule has 1 aliphatic carbocycles. The molecular weight excluding hydrogens is 256 g/mol. The third-order valence-electron chi connectivity index (χ3n) is 4.16. The fourth-order valence-corrected chi connectivity index (χ4v) is 2.81. The Bertz CT molecular complexity index is 304. The van der Waals surface area contributed by atoms with Crippen molar-refractivity contribution in [3.05, 3.63) is 0 Å². The second kappa shape index (κ2) is 7.41. The van der Waals surface area contributed by atoms with E-state index in [1.807, 2.05) is 13.8 Å². The molecule has 1 saturated carbocycles. The molecule has 1 unspecified atom stereocenters. The Morgan fingerprint density at radius 1 is 1.30 bits per heavy atom. The summed E-state index contributed by atoms with van der Waals surface area (Å²) in [5.74, 6) is 0.591. The molecule has 2 rings (SSSR count). The summed E-state index contributed by atoms with van der Waals surface area (Å²) in [6, 6.07) is 0. The first-order chi connectivity index (χ1) is 9.62. The molecule has 1 aliphatic heterocycles. The van der Waals surface area contributed by atoms with Crippen LogP contribution in [0.15, 0.2) is 0 Å². The molecule has 0 spiro atoms. The molecule has 0 amide bonds. The van der Waals surface area contributed by atoms with Crippen LogP contribution in [0.3, 0.4) is 0 Å². The van der Waals surface area contributed by atoms with Crippen molar-refractivity contribution in [2.45, 2.75) is 70.5 Å². The molecule has 0 bridgehead atoms. The van der Waals surface area contributed by atoms with E-state index < -0.39 is 5.60 Å². The summed E-state index contributed by atoms with van der Waals surface area (Å²) in [4.78, 5) is 11.9. The summed E-state index contributed by atoms with van der Waals surface area (Å²) in [6.07, 6.45) is 8.03. The van der Waals surface area contributed by atoms with E-state index in [2.05, 4.69) is 0 Å². The summed E-state index contributed by atoms with van der Waals surface area (Å²) in [7, 11) is 0. The van der Waals surface area contributed by atoms with Crippen LogP contribution in [0.25, 0.3) is 0 Å². The quantitative estimate of drug-likeness (QED) is 0.371. The van der Waals surface area contributed by atoms with Crippen LogP contribution in [0.1, 0.15) is 58.8 Å². The average molecular weight is 284 g/mol. The molecular formula is C16H28O4. The first kappa shape index (κ1) is 15.8. The van der Waals surface area contributed by atoms with Crippen LogP contribution in [0.5, 0.6) is 0 Å². The van der Waals surface area contributed by atoms with Crippen molar-refractivity contribution in [3.63, 3.8) is 0 Å². The maximum absolute atomic E-state index is 11.9. The Morgan fingerprint density at radius 2 is 2.00 bits per heavy atom. The Labute approximate surface area is 122 Å². The van der Waals surface area contributed by atoms with Gasteiger partial charge in [0.05, 0.1) is 12.7 Å². The van der Waals surface area contributed by atoms with Crippen LogP contribution in [-0.2, 0) is 19.0 Å². The van der Waals surface area contributed by atoms with E-state index in [-0.39, 0.29) is 12.1 Å². The number of hydrogen-bond donors (Lipinski definition) is 0. The lowest BCUT2D eigenvalue weighted by atomic mass is 10.0. The van der Waals surface area contributed by atoms with E-state index in [0.717, 1.165) is 38.4 Å². The summed E-state index contributed by atoms with van der Waals surface area (Å²) < 4.78 is 16.3. The second-order valence-electron chi connectivity index (χ2n) is 6.42. The van der Waals surface area contributed by atoms with Gasteiger partial charge < -0.3 is 14.2 Å². The van der Waals surface area contributed by atoms with E-state index in [4.69, 9.17) is 14.2 Å². The molecule has 0 aromatic rings. The van der Waals surface area contributed by atoms with Gasteiger partial charge in [-0.1, -0.05) is 12.8 Å². The zero-order chi connectivity index (χ0) is 14.4. The van der Waals surface area contributed by atoms with Gasteiger partial charge in [0.15, 0.2) is 5.60 Å². The Morgan fingerprint density at radius 3 is 2.60 bits per heavy atom. The number of ether oxygens (including phenoxy) is 3. The van der Waals surface area contributed by atoms with Crippen LogP contribution in [0.2, 0.25) is 0 Å². The number of unbranched alkanes of at least 4 members (excludes halogenated alkanes) is 1. The van der Waals surface area contributed by atoms with Gasteiger partial charge in [-0.15, -0.1) is 0 Å². The van der Waals surface area contributed by atoms with Crippen molar-refractivity contribution in [3.8, 4) is 0 Å². The Balaban J connectivity index is 1.51. The highest BCUT2D eigenvalue weighted by molar-refractivity contribution is 5.82. The molecule has 0 aromatic carbocycles. The smallest absolute Gasteiger partial charge is 0.341 e. The van der Waals surface area contributed by atoms with Gasteiger partial charge in [-0.25, -0.2) is 4.79 Å². The summed E-state index contributed by atoms with van der Waals surface area (Å²) in [6.45, 7) is 5.96. The van der Waals surface area contributed by atoms with Crippen molar-refractivity contribution in [1.29, 1.82) is 0 Å². The van der Waals surface area contributed by atoms with E-state index in [0.29, 0.717) is 6.61 Å². The zero-order valence-corrected chi connectivity index (χ0v) is 12.9. The average Bonchev–Trinajstić information content (AvgIpc) is 3.01. The van der Waals surface area contributed by atoms with Crippen molar-refractivity contribution in [2.24, 2.45) is 5.92 Å². The van der Waals surface area contributed by atoms with Gasteiger partial charge >= 0.3 is 5.97 Å². The Hall–Kier alpha value is -0.610. The Kier molecular flexibility index (Phi) is 5.85. The lowest BCUT2D eigenvalue weighted by Gasteiger charge is -2.14. The van der Waals surface area contributed by atoms with Crippen LogP contribution >= 0.6 is 0 Å². The molecule has 0 radical (unpaired) electrons. The SMILES string of the molecule is CC(C)OC(=O)C1(CCCCOCC2CCCC2)CO1. The van der Waals surface area contributed by atoms with Gasteiger partial charge in [0.25, 0.3) is 0 Å². The van der Waals surface area contributed by atoms with Gasteiger partial charge in [0.2, 0.25) is 0 Å². The molecule has 2 aliphatic rings. The lowest BCUT2D eigenvalue weighted by molar-refractivity contribution is -0.154. The number of hydrogen-bond acceptors (Lipinski definition) is 4. The number of epoxide rings is 1. The first-order valence-corrected chi connectivity index (χ1v) is 8.05. The predicted molar refractivity (Wildman–Crippen MR) is 76.5 cm³/mol. The topological polar surface area (TPSA) is 48.1 Å². The normalized spacial score (nSPS) is 26.1. The molecule has 4 heteroatoms. The highest BCUT2D eigenvalue weighted by Crippen LogP contribution is 2.34. The lowest BCUT2D eigenvalue weighted by Crippen LogP contribution is -2.29. The van der Waals surface area contributed by atoms with Gasteiger partial charge in [-0.05, 0) is 51.9 Å². The van der Waals surface area contributed by atoms with Crippen LogP contribution in [-0.4, -0.2) is 37.5 Å². The molecule has 20 heavy (non-hydrogen) atoms. The molecule has 116 valence electrons. The van der Waals surface area contributed by atoms with Crippen molar-refractivity contribution in [2.75, 3.05) is 19.8 Å². The monoisotopic (exact) mass is 284 g/mol. The molecule has 0 aromatic heterocycles. The van der Waals surface area contributed by atoms with Gasteiger partial charge in [0, 0.05) is 13.2 Å². The number of carbonyl (C=O) groups excluding carboxylic acids is 1. The largest absolute Gasteiger partial charge is 0.461 e. The van der Waals surface area contributed by atoms with E-state index >= 15 is 0 Å². The maximum Gasteiger partial charge on any atom is 0.341 e. The number of esters is 1. The fourth-order valence-electron chi connectivity index (χ4n) is 2.81. The molecule has 2 fully saturated rings. The highest BCUT2D eigenvalue weighted by Gasteiger charge is 2.53. The second-order valence-corrected chi connectivity index (χ2v) is 6.42. The first-order valence-electron chi connectivity index (χ1n) is 8.05. The van der Waals surface area contributed by atoms with Gasteiger partial charge in [0.1, 0.15) is 0 Å². The predicted octanol–water partition coefficient (Wildman–Crippen LogP) is 3.08. The van der Waals surface area contributed by atoms with Crippen LogP contribution < -0.4 is 0 Å². The van der Waals surface area contributed by atoms with E-state index in [1.54, 1.807) is 0 Å². The third-order valence-corrected chi connectivity index (χ3v) is 4.16. The molecule has 0 N–H and O–H groups in total. The molecule has 1 atom stereocenters. The van der Waals surface area contributed by atoms with Crippen molar-refractivity contribution < 1.29 is 19.0 Å². The number of carbonyl (C=O) groups is 1. The van der Waals surface area contributed by atoms with Crippen molar-refractivity contribution >= 4 is 5.97 Å². The standard InChI is InChI=1S/C16H28O4/c1-13(2)20-15(17)16(12-19-16)9-5-6-10-18-11-14-7-3-4-8-14/h13-14H,3-12H2,1-2H3. The van der Waals surface area contributed by atoms with Crippen molar-refractivity contribution in [1.82, 2.24) is 0 Å². The highest BCUT2D eigenvalue weighted by atomic mass is 16.6. The molecule has 1 heterocycles. The zero-order valence-electron chi connectivity index (χ0n) is 12.9. The van der Waals surface area contributed by atoms with Crippen LogP contribution in [0, 0.1) is 5.92 Å². The number of rotatable bonds is 9. The summed E-state index contributed by atoms with van der Waals surface area (Å²) in [5.41, 5.74) is -0.629. The third kappa shape index (κ3) is 4.74.